The summed E-state index contributed by atoms with van der Waals surface area (Å²) in [7, 11) is 0. The fraction of sp³-hybridized carbons (Fsp3) is 0.875. The van der Waals surface area contributed by atoms with Gasteiger partial charge >= 0.3 is 0 Å². The number of aliphatic imine (C=N–C) groups is 1. The standard InChI is InChI=1S/C8H17N3S/c1-3-7(6-12-2)11-8-9-4-5-10-8/h7H,3-6H2,1-2H3,(H2,9,10,11). The Labute approximate surface area is 78.4 Å². The Morgan fingerprint density at radius 1 is 1.75 bits per heavy atom. The van der Waals surface area contributed by atoms with Crippen LogP contribution in [0.25, 0.3) is 0 Å². The largest absolute Gasteiger partial charge is 0.355 e. The van der Waals surface area contributed by atoms with Crippen LogP contribution in [-0.4, -0.2) is 37.1 Å². The summed E-state index contributed by atoms with van der Waals surface area (Å²) >= 11 is 1.87. The predicted molar refractivity (Wildman–Crippen MR) is 55.9 cm³/mol. The summed E-state index contributed by atoms with van der Waals surface area (Å²) in [5.74, 6) is 2.13. The highest BCUT2D eigenvalue weighted by molar-refractivity contribution is 7.98. The van der Waals surface area contributed by atoms with E-state index in [1.54, 1.807) is 0 Å². The monoisotopic (exact) mass is 187 g/mol. The van der Waals surface area contributed by atoms with Crippen molar-refractivity contribution in [2.45, 2.75) is 19.4 Å². The summed E-state index contributed by atoms with van der Waals surface area (Å²) in [6.45, 7) is 4.10. The van der Waals surface area contributed by atoms with Gasteiger partial charge in [-0.2, -0.15) is 11.8 Å². The van der Waals surface area contributed by atoms with Crippen LogP contribution in [0.15, 0.2) is 4.99 Å². The van der Waals surface area contributed by atoms with Crippen LogP contribution >= 0.6 is 11.8 Å². The molecule has 0 fully saturated rings. The van der Waals surface area contributed by atoms with Gasteiger partial charge in [-0.25, -0.2) is 0 Å². The van der Waals surface area contributed by atoms with E-state index in [9.17, 15) is 0 Å². The van der Waals surface area contributed by atoms with Crippen molar-refractivity contribution in [2.24, 2.45) is 4.99 Å². The van der Waals surface area contributed by atoms with Gasteiger partial charge in [0.2, 0.25) is 0 Å². The lowest BCUT2D eigenvalue weighted by Crippen LogP contribution is -2.41. The van der Waals surface area contributed by atoms with Crippen LogP contribution in [0, 0.1) is 0 Å². The first-order valence-electron chi connectivity index (χ1n) is 4.40. The number of rotatable bonds is 4. The minimum atomic E-state index is 0.560. The van der Waals surface area contributed by atoms with E-state index in [-0.39, 0.29) is 0 Å². The molecule has 1 heterocycles. The normalized spacial score (nSPS) is 18.3. The van der Waals surface area contributed by atoms with Gasteiger partial charge in [0.15, 0.2) is 5.96 Å². The first kappa shape index (κ1) is 9.71. The summed E-state index contributed by atoms with van der Waals surface area (Å²) in [5.41, 5.74) is 0. The van der Waals surface area contributed by atoms with E-state index in [0.717, 1.165) is 31.2 Å². The van der Waals surface area contributed by atoms with Gasteiger partial charge in [-0.1, -0.05) is 6.92 Å². The van der Waals surface area contributed by atoms with Crippen molar-refractivity contribution in [3.63, 3.8) is 0 Å². The molecular weight excluding hydrogens is 170 g/mol. The number of hydrogen-bond acceptors (Lipinski definition) is 4. The average Bonchev–Trinajstić information content (AvgIpc) is 2.56. The zero-order valence-corrected chi connectivity index (χ0v) is 8.58. The summed E-state index contributed by atoms with van der Waals surface area (Å²) in [6.07, 6.45) is 3.29. The van der Waals surface area contributed by atoms with Crippen LogP contribution in [0.2, 0.25) is 0 Å². The van der Waals surface area contributed by atoms with E-state index >= 15 is 0 Å². The number of hydrogen-bond donors (Lipinski definition) is 2. The van der Waals surface area contributed by atoms with Crippen LogP contribution in [-0.2, 0) is 0 Å². The number of nitrogens with zero attached hydrogens (tertiary/aromatic N) is 1. The maximum absolute atomic E-state index is 4.29. The molecule has 0 aromatic heterocycles. The molecule has 0 bridgehead atoms. The van der Waals surface area contributed by atoms with Crippen LogP contribution in [0.4, 0.5) is 0 Å². The third-order valence-corrected chi connectivity index (χ3v) is 2.61. The Balaban J connectivity index is 2.25. The molecule has 0 amide bonds. The number of thioether (sulfide) groups is 1. The van der Waals surface area contributed by atoms with Crippen molar-refractivity contribution < 1.29 is 0 Å². The molecule has 0 aromatic rings. The Morgan fingerprint density at radius 3 is 3.08 bits per heavy atom. The quantitative estimate of drug-likeness (QED) is 0.679. The van der Waals surface area contributed by atoms with Gasteiger partial charge in [0.05, 0.1) is 6.54 Å². The van der Waals surface area contributed by atoms with Gasteiger partial charge in [-0.3, -0.25) is 4.99 Å². The van der Waals surface area contributed by atoms with E-state index in [1.165, 1.54) is 0 Å². The Kier molecular flexibility index (Phi) is 4.29. The van der Waals surface area contributed by atoms with Gasteiger partial charge in [-0.05, 0) is 12.7 Å². The lowest BCUT2D eigenvalue weighted by molar-refractivity contribution is 0.642. The van der Waals surface area contributed by atoms with Crippen LogP contribution in [0.1, 0.15) is 13.3 Å². The smallest absolute Gasteiger partial charge is 0.191 e. The van der Waals surface area contributed by atoms with Crippen molar-refractivity contribution in [1.29, 1.82) is 0 Å². The van der Waals surface area contributed by atoms with Gasteiger partial charge in [0, 0.05) is 18.3 Å². The van der Waals surface area contributed by atoms with Gasteiger partial charge in [0.25, 0.3) is 0 Å². The molecule has 0 saturated heterocycles. The van der Waals surface area contributed by atoms with E-state index in [2.05, 4.69) is 28.8 Å². The number of guanidine groups is 1. The molecule has 1 unspecified atom stereocenters. The van der Waals surface area contributed by atoms with Crippen LogP contribution in [0.5, 0.6) is 0 Å². The molecule has 1 atom stereocenters. The Bertz CT molecular complexity index is 158. The SMILES string of the molecule is CCC(CSC)NC1=NCCN1. The zero-order valence-electron chi connectivity index (χ0n) is 7.76. The van der Waals surface area contributed by atoms with Crippen molar-refractivity contribution >= 4 is 17.7 Å². The van der Waals surface area contributed by atoms with E-state index in [4.69, 9.17) is 0 Å². The Morgan fingerprint density at radius 2 is 2.58 bits per heavy atom. The maximum atomic E-state index is 4.29. The highest BCUT2D eigenvalue weighted by Crippen LogP contribution is 2.01. The second kappa shape index (κ2) is 5.30. The first-order valence-corrected chi connectivity index (χ1v) is 5.80. The lowest BCUT2D eigenvalue weighted by Gasteiger charge is -2.16. The van der Waals surface area contributed by atoms with Crippen molar-refractivity contribution in [2.75, 3.05) is 25.1 Å². The fourth-order valence-electron chi connectivity index (χ4n) is 1.15. The third-order valence-electron chi connectivity index (χ3n) is 1.88. The second-order valence-corrected chi connectivity index (χ2v) is 3.77. The molecule has 3 nitrogen and oxygen atoms in total. The predicted octanol–water partition coefficient (Wildman–Crippen LogP) is 0.677. The molecule has 1 aliphatic heterocycles. The minimum absolute atomic E-state index is 0.560. The van der Waals surface area contributed by atoms with Crippen LogP contribution < -0.4 is 10.6 Å². The third kappa shape index (κ3) is 2.93. The summed E-state index contributed by atoms with van der Waals surface area (Å²) in [4.78, 5) is 4.29. The molecule has 0 saturated carbocycles. The molecule has 0 spiro atoms. The average molecular weight is 187 g/mol. The molecule has 4 heteroatoms. The molecule has 0 radical (unpaired) electrons. The first-order chi connectivity index (χ1) is 5.86. The van der Waals surface area contributed by atoms with E-state index < -0.39 is 0 Å². The molecular formula is C8H17N3S. The minimum Gasteiger partial charge on any atom is -0.355 e. The van der Waals surface area contributed by atoms with Gasteiger partial charge in [0.1, 0.15) is 0 Å². The zero-order chi connectivity index (χ0) is 8.81. The van der Waals surface area contributed by atoms with Crippen molar-refractivity contribution in [3.05, 3.63) is 0 Å². The summed E-state index contributed by atoms with van der Waals surface area (Å²) in [5, 5.41) is 6.59. The molecule has 0 aromatic carbocycles. The van der Waals surface area contributed by atoms with Crippen molar-refractivity contribution in [1.82, 2.24) is 10.6 Å². The topological polar surface area (TPSA) is 36.4 Å². The summed E-state index contributed by atoms with van der Waals surface area (Å²) in [6, 6.07) is 0.560. The highest BCUT2D eigenvalue weighted by Gasteiger charge is 2.09. The fourth-order valence-corrected chi connectivity index (χ4v) is 1.87. The summed E-state index contributed by atoms with van der Waals surface area (Å²) < 4.78 is 0. The van der Waals surface area contributed by atoms with Crippen molar-refractivity contribution in [3.8, 4) is 0 Å². The Hall–Kier alpha value is -0.380. The maximum Gasteiger partial charge on any atom is 0.191 e. The van der Waals surface area contributed by atoms with Crippen LogP contribution in [0.3, 0.4) is 0 Å². The molecule has 1 rings (SSSR count). The number of nitrogens with one attached hydrogen (secondary N) is 2. The van der Waals surface area contributed by atoms with E-state index in [1.807, 2.05) is 11.8 Å². The molecule has 0 aliphatic carbocycles. The second-order valence-electron chi connectivity index (χ2n) is 2.86. The lowest BCUT2D eigenvalue weighted by atomic mass is 10.3. The van der Waals surface area contributed by atoms with E-state index in [0.29, 0.717) is 6.04 Å². The molecule has 12 heavy (non-hydrogen) atoms. The molecule has 2 N–H and O–H groups in total. The molecule has 1 aliphatic rings. The highest BCUT2D eigenvalue weighted by atomic mass is 32.2. The molecule has 70 valence electrons. The van der Waals surface area contributed by atoms with Gasteiger partial charge < -0.3 is 10.6 Å². The van der Waals surface area contributed by atoms with Gasteiger partial charge in [-0.15, -0.1) is 0 Å².